The Hall–Kier alpha value is -3.35. The van der Waals surface area contributed by atoms with Gasteiger partial charge in [0.2, 0.25) is 6.79 Å². The van der Waals surface area contributed by atoms with Crippen LogP contribution in [-0.2, 0) is 19.6 Å². The molecule has 0 aromatic heterocycles. The molecule has 0 bridgehead atoms. The number of fused-ring (bicyclic) bond motifs is 2. The summed E-state index contributed by atoms with van der Waals surface area (Å²) in [6.07, 6.45) is 4.62. The van der Waals surface area contributed by atoms with Gasteiger partial charge in [-0.05, 0) is 53.8 Å². The molecule has 6 heteroatoms. The zero-order valence-corrected chi connectivity index (χ0v) is 18.4. The van der Waals surface area contributed by atoms with Gasteiger partial charge in [0.05, 0.1) is 18.2 Å². The molecular weight excluding hydrogens is 421 g/mol. The van der Waals surface area contributed by atoms with E-state index in [1.807, 2.05) is 67.6 Å². The van der Waals surface area contributed by atoms with E-state index >= 15 is 4.39 Å². The average molecular weight is 448 g/mol. The van der Waals surface area contributed by atoms with E-state index in [9.17, 15) is 5.11 Å². The van der Waals surface area contributed by atoms with Crippen LogP contribution in [-0.4, -0.2) is 18.4 Å². The Morgan fingerprint density at radius 3 is 2.73 bits per heavy atom. The lowest BCUT2D eigenvalue weighted by molar-refractivity contribution is 0.174. The molecule has 1 atom stereocenters. The zero-order chi connectivity index (χ0) is 22.8. The summed E-state index contributed by atoms with van der Waals surface area (Å²) < 4.78 is 32.5. The van der Waals surface area contributed by atoms with E-state index < -0.39 is 12.4 Å². The number of aliphatic hydroxyl groups is 1. The number of aryl methyl sites for hydroxylation is 1. The first kappa shape index (κ1) is 21.5. The molecule has 5 nitrogen and oxygen atoms in total. The molecule has 0 amide bonds. The Morgan fingerprint density at radius 1 is 1.15 bits per heavy atom. The number of rotatable bonds is 6. The summed E-state index contributed by atoms with van der Waals surface area (Å²) in [6, 6.07) is 15.2. The fraction of sp³-hybridized carbons (Fsp3) is 0.259. The molecule has 2 heterocycles. The van der Waals surface area contributed by atoms with Crippen LogP contribution in [0.5, 0.6) is 17.2 Å². The molecule has 1 unspecified atom stereocenters. The maximum atomic E-state index is 15.6. The fourth-order valence-corrected chi connectivity index (χ4v) is 4.36. The van der Waals surface area contributed by atoms with Crippen molar-refractivity contribution in [3.8, 4) is 17.2 Å². The second-order valence-electron chi connectivity index (χ2n) is 8.28. The first-order chi connectivity index (χ1) is 16.1. The lowest BCUT2D eigenvalue weighted by atomic mass is 9.90. The van der Waals surface area contributed by atoms with Gasteiger partial charge in [-0.3, -0.25) is 0 Å². The molecule has 3 aromatic carbocycles. The van der Waals surface area contributed by atoms with Crippen molar-refractivity contribution in [3.05, 3.63) is 93.8 Å². The molecule has 2 aliphatic heterocycles. The molecule has 0 spiro atoms. The van der Waals surface area contributed by atoms with E-state index in [0.29, 0.717) is 30.1 Å². The minimum Gasteiger partial charge on any atom is -0.488 e. The molecule has 2 N–H and O–H groups in total. The average Bonchev–Trinajstić information content (AvgIpc) is 3.29. The topological polar surface area (TPSA) is 60.0 Å². The van der Waals surface area contributed by atoms with Crippen LogP contribution in [0.1, 0.15) is 39.4 Å². The van der Waals surface area contributed by atoms with Crippen LogP contribution in [0.3, 0.4) is 0 Å². The quantitative estimate of drug-likeness (QED) is 0.567. The number of hydrogen-bond donors (Lipinski definition) is 2. The highest BCUT2D eigenvalue weighted by molar-refractivity contribution is 5.61. The van der Waals surface area contributed by atoms with Crippen molar-refractivity contribution in [3.63, 3.8) is 0 Å². The summed E-state index contributed by atoms with van der Waals surface area (Å²) in [6.45, 7) is 2.84. The van der Waals surface area contributed by atoms with E-state index in [-0.39, 0.29) is 18.4 Å². The van der Waals surface area contributed by atoms with Crippen molar-refractivity contribution in [2.24, 2.45) is 0 Å². The second-order valence-corrected chi connectivity index (χ2v) is 8.28. The fourth-order valence-electron chi connectivity index (χ4n) is 4.36. The van der Waals surface area contributed by atoms with Gasteiger partial charge in [-0.1, -0.05) is 42.5 Å². The Labute approximate surface area is 192 Å². The van der Waals surface area contributed by atoms with Crippen LogP contribution in [0, 0.1) is 12.7 Å². The third kappa shape index (κ3) is 4.32. The molecule has 5 rings (SSSR count). The highest BCUT2D eigenvalue weighted by Gasteiger charge is 2.26. The predicted octanol–water partition coefficient (Wildman–Crippen LogP) is 4.83. The number of aliphatic hydroxyl groups excluding tert-OH is 1. The van der Waals surface area contributed by atoms with Gasteiger partial charge in [0.1, 0.15) is 18.2 Å². The van der Waals surface area contributed by atoms with Crippen molar-refractivity contribution in [1.29, 1.82) is 0 Å². The lowest BCUT2D eigenvalue weighted by Crippen LogP contribution is -2.30. The van der Waals surface area contributed by atoms with Gasteiger partial charge in [0.25, 0.3) is 0 Å². The lowest BCUT2D eigenvalue weighted by Gasteiger charge is -2.27. The molecule has 0 fully saturated rings. The van der Waals surface area contributed by atoms with Crippen LogP contribution >= 0.6 is 0 Å². The maximum Gasteiger partial charge on any atom is 0.231 e. The number of halogens is 1. The van der Waals surface area contributed by atoms with Crippen molar-refractivity contribution >= 4 is 6.08 Å². The third-order valence-electron chi connectivity index (χ3n) is 6.14. The third-order valence-corrected chi connectivity index (χ3v) is 6.14. The standard InChI is InChI=1S/C27H26FNO4/c1-17-11-24-25(33-16-32-24)12-19(17)7-8-22-26-20(9-10-29-22)13-23(21(14-30)27(26)28)31-15-18-5-3-2-4-6-18/h2-8,11-13,22,29-30H,9-10,14-16H2,1H3/b8-7+. The van der Waals surface area contributed by atoms with Crippen LogP contribution in [0.25, 0.3) is 6.08 Å². The number of ether oxygens (including phenoxy) is 3. The zero-order valence-electron chi connectivity index (χ0n) is 18.4. The minimum atomic E-state index is -0.430. The van der Waals surface area contributed by atoms with E-state index in [1.54, 1.807) is 0 Å². The smallest absolute Gasteiger partial charge is 0.231 e. The van der Waals surface area contributed by atoms with Crippen LogP contribution in [0.4, 0.5) is 4.39 Å². The molecule has 0 aliphatic carbocycles. The van der Waals surface area contributed by atoms with Gasteiger partial charge in [0, 0.05) is 12.1 Å². The summed E-state index contributed by atoms with van der Waals surface area (Å²) in [5, 5.41) is 13.3. The van der Waals surface area contributed by atoms with E-state index in [1.165, 1.54) is 0 Å². The molecule has 33 heavy (non-hydrogen) atoms. The Bertz CT molecular complexity index is 1190. The molecule has 2 aliphatic rings. The van der Waals surface area contributed by atoms with Gasteiger partial charge in [0.15, 0.2) is 11.5 Å². The SMILES string of the molecule is Cc1cc2c(cc1/C=C/C1NCCc3cc(OCc4ccccc4)c(CO)c(F)c31)OCO2. The molecule has 0 saturated carbocycles. The monoisotopic (exact) mass is 447 g/mol. The van der Waals surface area contributed by atoms with Crippen molar-refractivity contribution in [1.82, 2.24) is 5.32 Å². The summed E-state index contributed by atoms with van der Waals surface area (Å²) in [5.41, 5.74) is 4.66. The summed E-state index contributed by atoms with van der Waals surface area (Å²) in [7, 11) is 0. The largest absolute Gasteiger partial charge is 0.488 e. The van der Waals surface area contributed by atoms with Gasteiger partial charge in [-0.15, -0.1) is 0 Å². The Kier molecular flexibility index (Phi) is 6.03. The van der Waals surface area contributed by atoms with Crippen LogP contribution in [0.2, 0.25) is 0 Å². The summed E-state index contributed by atoms with van der Waals surface area (Å²) >= 11 is 0. The van der Waals surface area contributed by atoms with E-state index in [2.05, 4.69) is 5.32 Å². The van der Waals surface area contributed by atoms with Crippen LogP contribution < -0.4 is 19.5 Å². The van der Waals surface area contributed by atoms with Crippen LogP contribution in [0.15, 0.2) is 54.6 Å². The molecule has 170 valence electrons. The van der Waals surface area contributed by atoms with Gasteiger partial charge >= 0.3 is 0 Å². The number of benzene rings is 3. The van der Waals surface area contributed by atoms with Crippen molar-refractivity contribution < 1.29 is 23.7 Å². The Morgan fingerprint density at radius 2 is 1.94 bits per heavy atom. The van der Waals surface area contributed by atoms with Crippen molar-refractivity contribution in [2.75, 3.05) is 13.3 Å². The maximum absolute atomic E-state index is 15.6. The first-order valence-corrected chi connectivity index (χ1v) is 11.1. The summed E-state index contributed by atoms with van der Waals surface area (Å²) in [4.78, 5) is 0. The number of hydrogen-bond acceptors (Lipinski definition) is 5. The first-order valence-electron chi connectivity index (χ1n) is 11.1. The number of nitrogens with one attached hydrogen (secondary N) is 1. The molecule has 3 aromatic rings. The normalized spacial score (nSPS) is 16.8. The van der Waals surface area contributed by atoms with E-state index in [4.69, 9.17) is 14.2 Å². The summed E-state index contributed by atoms with van der Waals surface area (Å²) in [5.74, 6) is 1.44. The van der Waals surface area contributed by atoms with E-state index in [0.717, 1.165) is 34.5 Å². The van der Waals surface area contributed by atoms with Gasteiger partial charge in [-0.2, -0.15) is 0 Å². The molecule has 0 radical (unpaired) electrons. The molecular formula is C27H26FNO4. The second kappa shape index (κ2) is 9.25. The van der Waals surface area contributed by atoms with Gasteiger partial charge < -0.3 is 24.6 Å². The Balaban J connectivity index is 1.43. The minimum absolute atomic E-state index is 0.186. The highest BCUT2D eigenvalue weighted by atomic mass is 19.1. The molecule has 0 saturated heterocycles. The van der Waals surface area contributed by atoms with Gasteiger partial charge in [-0.25, -0.2) is 4.39 Å². The predicted molar refractivity (Wildman–Crippen MR) is 124 cm³/mol. The van der Waals surface area contributed by atoms with Crippen molar-refractivity contribution in [2.45, 2.75) is 32.6 Å². The highest BCUT2D eigenvalue weighted by Crippen LogP contribution is 2.37.